The van der Waals surface area contributed by atoms with Crippen molar-refractivity contribution in [1.82, 2.24) is 10.2 Å². The molecule has 8 nitrogen and oxygen atoms in total. The Kier molecular flexibility index (Phi) is 11.2. The number of hydrogen-bond acceptors (Lipinski definition) is 5. The van der Waals surface area contributed by atoms with Gasteiger partial charge in [0.2, 0.25) is 21.8 Å². The van der Waals surface area contributed by atoms with Crippen molar-refractivity contribution >= 4 is 62.3 Å². The summed E-state index contributed by atoms with van der Waals surface area (Å²) in [7, 11) is -2.42. The molecule has 1 saturated carbocycles. The minimum absolute atomic E-state index is 0.0195. The van der Waals surface area contributed by atoms with Crippen LogP contribution in [0.2, 0.25) is 15.1 Å². The predicted molar refractivity (Wildman–Crippen MR) is 156 cm³/mol. The maximum Gasteiger partial charge on any atom is 0.244 e. The molecule has 2 amide bonds. The van der Waals surface area contributed by atoms with Crippen molar-refractivity contribution < 1.29 is 22.7 Å². The Morgan fingerprint density at radius 1 is 1.03 bits per heavy atom. The largest absolute Gasteiger partial charge is 0.497 e. The number of nitrogens with one attached hydrogen (secondary N) is 1. The van der Waals surface area contributed by atoms with Crippen molar-refractivity contribution in [2.45, 2.75) is 64.1 Å². The topological polar surface area (TPSA) is 96.0 Å². The number of ether oxygens (including phenoxy) is 1. The summed E-state index contributed by atoms with van der Waals surface area (Å²) >= 11 is 18.5. The van der Waals surface area contributed by atoms with E-state index in [1.165, 1.54) is 17.0 Å². The molecule has 0 radical (unpaired) electrons. The molecule has 12 heteroatoms. The van der Waals surface area contributed by atoms with E-state index in [2.05, 4.69) is 5.32 Å². The maximum absolute atomic E-state index is 13.9. The highest BCUT2D eigenvalue weighted by molar-refractivity contribution is 7.92. The summed E-state index contributed by atoms with van der Waals surface area (Å²) in [4.78, 5) is 28.8. The normalized spacial score (nSPS) is 14.9. The molecule has 0 bridgehead atoms. The third-order valence-electron chi connectivity index (χ3n) is 6.79. The Morgan fingerprint density at radius 2 is 1.64 bits per heavy atom. The van der Waals surface area contributed by atoms with E-state index >= 15 is 0 Å². The number of halogens is 3. The molecule has 2 aromatic carbocycles. The van der Waals surface area contributed by atoms with Crippen molar-refractivity contribution in [2.24, 2.45) is 0 Å². The first-order valence-electron chi connectivity index (χ1n) is 12.8. The highest BCUT2D eigenvalue weighted by Crippen LogP contribution is 2.35. The van der Waals surface area contributed by atoms with Crippen LogP contribution in [0.4, 0.5) is 5.69 Å². The number of rotatable bonds is 11. The van der Waals surface area contributed by atoms with Gasteiger partial charge in [-0.1, -0.05) is 73.1 Å². The molecule has 0 aliphatic heterocycles. The number of benzene rings is 2. The molecule has 1 fully saturated rings. The Balaban J connectivity index is 1.96. The number of methoxy groups -OCH3 is 1. The maximum atomic E-state index is 13.9. The summed E-state index contributed by atoms with van der Waals surface area (Å²) in [5.41, 5.74) is 0.776. The Bertz CT molecular complexity index is 1270. The standard InChI is InChI=1S/C27H34Cl3N3O5S/c1-4-24(27(35)31-19-8-6-5-7-9-19)32(16-18-10-12-20(38-2)13-11-18)26(34)17-33(39(3,36)37)25-15-22(29)21(28)14-23(25)30/h10-15,19,24H,4-9,16-17H2,1-3H3,(H,31,35)/t24-/m1/s1. The molecule has 0 saturated heterocycles. The quantitative estimate of drug-likeness (QED) is 0.327. The van der Waals surface area contributed by atoms with E-state index in [0.29, 0.717) is 12.2 Å². The van der Waals surface area contributed by atoms with Gasteiger partial charge in [-0.05, 0) is 49.1 Å². The van der Waals surface area contributed by atoms with E-state index in [1.807, 2.05) is 6.92 Å². The molecule has 0 heterocycles. The van der Waals surface area contributed by atoms with Crippen LogP contribution in [0.1, 0.15) is 51.0 Å². The van der Waals surface area contributed by atoms with Gasteiger partial charge in [0.25, 0.3) is 0 Å². The summed E-state index contributed by atoms with van der Waals surface area (Å²) in [5, 5.41) is 3.37. The lowest BCUT2D eigenvalue weighted by Gasteiger charge is -2.34. The summed E-state index contributed by atoms with van der Waals surface area (Å²) in [6.45, 7) is 1.33. The molecule has 3 rings (SSSR count). The molecule has 1 aliphatic carbocycles. The van der Waals surface area contributed by atoms with Crippen LogP contribution in [0, 0.1) is 0 Å². The van der Waals surface area contributed by atoms with Crippen LogP contribution in [0.5, 0.6) is 5.75 Å². The Labute approximate surface area is 245 Å². The molecule has 1 N–H and O–H groups in total. The van der Waals surface area contributed by atoms with E-state index < -0.39 is 28.5 Å². The fraction of sp³-hybridized carbons (Fsp3) is 0.481. The predicted octanol–water partition coefficient (Wildman–Crippen LogP) is 5.68. The molecule has 0 spiro atoms. The number of anilines is 1. The zero-order valence-electron chi connectivity index (χ0n) is 22.3. The van der Waals surface area contributed by atoms with Crippen LogP contribution in [0.15, 0.2) is 36.4 Å². The lowest BCUT2D eigenvalue weighted by molar-refractivity contribution is -0.140. The van der Waals surface area contributed by atoms with Gasteiger partial charge < -0.3 is 15.0 Å². The van der Waals surface area contributed by atoms with Gasteiger partial charge >= 0.3 is 0 Å². The van der Waals surface area contributed by atoms with E-state index in [1.54, 1.807) is 31.4 Å². The highest BCUT2D eigenvalue weighted by Gasteiger charge is 2.33. The summed E-state index contributed by atoms with van der Waals surface area (Å²) < 4.78 is 31.8. The summed E-state index contributed by atoms with van der Waals surface area (Å²) in [6, 6.07) is 9.00. The lowest BCUT2D eigenvalue weighted by Crippen LogP contribution is -2.54. The van der Waals surface area contributed by atoms with E-state index in [9.17, 15) is 18.0 Å². The van der Waals surface area contributed by atoms with Gasteiger partial charge in [-0.2, -0.15) is 0 Å². The Hall–Kier alpha value is -2.20. The van der Waals surface area contributed by atoms with Crippen LogP contribution in [0.25, 0.3) is 0 Å². The molecular formula is C27H34Cl3N3O5S. The van der Waals surface area contributed by atoms with Crippen molar-refractivity contribution in [3.8, 4) is 5.75 Å². The molecule has 1 aliphatic rings. The van der Waals surface area contributed by atoms with Crippen molar-refractivity contribution in [3.63, 3.8) is 0 Å². The van der Waals surface area contributed by atoms with Gasteiger partial charge in [0.1, 0.15) is 18.3 Å². The lowest BCUT2D eigenvalue weighted by atomic mass is 9.95. The molecule has 0 unspecified atom stereocenters. The molecule has 2 aromatic rings. The van der Waals surface area contributed by atoms with Crippen molar-refractivity contribution in [3.05, 3.63) is 57.0 Å². The average Bonchev–Trinajstić information content (AvgIpc) is 2.89. The van der Waals surface area contributed by atoms with Gasteiger partial charge in [0, 0.05) is 12.6 Å². The molecule has 39 heavy (non-hydrogen) atoms. The third kappa shape index (κ3) is 8.39. The van der Waals surface area contributed by atoms with E-state index in [4.69, 9.17) is 39.5 Å². The Morgan fingerprint density at radius 3 is 2.21 bits per heavy atom. The first-order chi connectivity index (χ1) is 18.4. The van der Waals surface area contributed by atoms with Crippen molar-refractivity contribution in [1.29, 1.82) is 0 Å². The highest BCUT2D eigenvalue weighted by atomic mass is 35.5. The number of sulfonamides is 1. The van der Waals surface area contributed by atoms with Gasteiger partial charge in [-0.3, -0.25) is 13.9 Å². The monoisotopic (exact) mass is 617 g/mol. The summed E-state index contributed by atoms with van der Waals surface area (Å²) in [6.07, 6.45) is 6.34. The number of nitrogens with zero attached hydrogens (tertiary/aromatic N) is 2. The number of amides is 2. The second-order valence-electron chi connectivity index (χ2n) is 9.62. The SMILES string of the molecule is CC[C@H](C(=O)NC1CCCCC1)N(Cc1ccc(OC)cc1)C(=O)CN(c1cc(Cl)c(Cl)cc1Cl)S(C)(=O)=O. The fourth-order valence-electron chi connectivity index (χ4n) is 4.69. The van der Waals surface area contributed by atoms with Crippen LogP contribution in [-0.2, 0) is 26.2 Å². The zero-order chi connectivity index (χ0) is 28.7. The molecule has 0 aromatic heterocycles. The van der Waals surface area contributed by atoms with Crippen LogP contribution in [-0.4, -0.2) is 57.1 Å². The van der Waals surface area contributed by atoms with Gasteiger partial charge in [0.05, 0.1) is 34.1 Å². The molecule has 214 valence electrons. The number of carbonyl (C=O) groups excluding carboxylic acids is 2. The second-order valence-corrected chi connectivity index (χ2v) is 12.8. The third-order valence-corrected chi connectivity index (χ3v) is 8.94. The van der Waals surface area contributed by atoms with Gasteiger partial charge in [-0.15, -0.1) is 0 Å². The number of carbonyl (C=O) groups is 2. The van der Waals surface area contributed by atoms with E-state index in [-0.39, 0.29) is 39.2 Å². The van der Waals surface area contributed by atoms with Gasteiger partial charge in [0.15, 0.2) is 0 Å². The van der Waals surface area contributed by atoms with Crippen molar-refractivity contribution in [2.75, 3.05) is 24.2 Å². The number of hydrogen-bond donors (Lipinski definition) is 1. The summed E-state index contributed by atoms with van der Waals surface area (Å²) in [5.74, 6) is -0.176. The van der Waals surface area contributed by atoms with Crippen LogP contribution >= 0.6 is 34.8 Å². The smallest absolute Gasteiger partial charge is 0.244 e. The molecule has 1 atom stereocenters. The van der Waals surface area contributed by atoms with Crippen LogP contribution in [0.3, 0.4) is 0 Å². The minimum atomic E-state index is -3.97. The minimum Gasteiger partial charge on any atom is -0.497 e. The average molecular weight is 619 g/mol. The van der Waals surface area contributed by atoms with Gasteiger partial charge in [-0.25, -0.2) is 8.42 Å². The zero-order valence-corrected chi connectivity index (χ0v) is 25.3. The van der Waals surface area contributed by atoms with E-state index in [0.717, 1.165) is 48.2 Å². The second kappa shape index (κ2) is 13.9. The molecular weight excluding hydrogens is 585 g/mol. The fourth-order valence-corrected chi connectivity index (χ4v) is 6.24. The van der Waals surface area contributed by atoms with Crippen LogP contribution < -0.4 is 14.4 Å². The first kappa shape index (κ1) is 31.3. The first-order valence-corrected chi connectivity index (χ1v) is 15.8.